The number of hydrogen-bond donors (Lipinski definition) is 0. The Labute approximate surface area is 228 Å². The molecule has 3 aromatic carbocycles. The van der Waals surface area contributed by atoms with Gasteiger partial charge in [0.05, 0.1) is 32.3 Å². The van der Waals surface area contributed by atoms with Crippen LogP contribution >= 0.6 is 0 Å². The van der Waals surface area contributed by atoms with E-state index in [1.807, 2.05) is 91.0 Å². The van der Waals surface area contributed by atoms with Crippen LogP contribution in [0.3, 0.4) is 0 Å². The average molecular weight is 531 g/mol. The maximum absolute atomic E-state index is 6.60. The molecule has 39 heavy (non-hydrogen) atoms. The zero-order chi connectivity index (χ0) is 26.9. The minimum absolute atomic E-state index is 0.344. The summed E-state index contributed by atoms with van der Waals surface area (Å²) in [6.07, 6.45) is -2.40. The highest BCUT2D eigenvalue weighted by atomic mass is 16.7. The molecule has 0 aliphatic carbocycles. The summed E-state index contributed by atoms with van der Waals surface area (Å²) in [5.41, 5.74) is 3.13. The molecule has 5 atom stereocenters. The Hall–Kier alpha value is -3.40. The fourth-order valence-electron chi connectivity index (χ4n) is 4.69. The molecule has 1 aliphatic rings. The second kappa shape index (κ2) is 13.6. The lowest BCUT2D eigenvalue weighted by atomic mass is 9.95. The molecule has 204 valence electrons. The van der Waals surface area contributed by atoms with Crippen molar-refractivity contribution < 1.29 is 28.1 Å². The lowest BCUT2D eigenvalue weighted by Crippen LogP contribution is -2.61. The minimum Gasteiger partial charge on any atom is -0.425 e. The average Bonchev–Trinajstić information content (AvgIpc) is 3.40. The SMILES string of the molecule is CO[C@@H]1O[C@H](Cc2nnc(C)o2)[C@@H](OCc2ccccc2)[C@H](OCc2ccccc2)[C@H]1OCc1ccccc1. The van der Waals surface area contributed by atoms with Gasteiger partial charge in [-0.1, -0.05) is 91.0 Å². The van der Waals surface area contributed by atoms with Crippen LogP contribution < -0.4 is 0 Å². The summed E-state index contributed by atoms with van der Waals surface area (Å²) in [4.78, 5) is 0. The number of aryl methyl sites for hydroxylation is 1. The monoisotopic (exact) mass is 530 g/mol. The highest BCUT2D eigenvalue weighted by Gasteiger charge is 2.49. The molecule has 0 spiro atoms. The van der Waals surface area contributed by atoms with E-state index in [4.69, 9.17) is 28.1 Å². The molecule has 0 amide bonds. The third kappa shape index (κ3) is 7.38. The molecule has 0 bridgehead atoms. The Morgan fingerprint density at radius 1 is 0.641 bits per heavy atom. The van der Waals surface area contributed by atoms with Crippen LogP contribution in [-0.2, 0) is 49.9 Å². The number of methoxy groups -OCH3 is 1. The van der Waals surface area contributed by atoms with E-state index >= 15 is 0 Å². The van der Waals surface area contributed by atoms with Gasteiger partial charge in [0, 0.05) is 14.0 Å². The van der Waals surface area contributed by atoms with Crippen molar-refractivity contribution in [2.24, 2.45) is 0 Å². The van der Waals surface area contributed by atoms with E-state index in [1.165, 1.54) is 0 Å². The maximum atomic E-state index is 6.60. The molecule has 0 radical (unpaired) electrons. The molecule has 1 aromatic heterocycles. The van der Waals surface area contributed by atoms with Crippen LogP contribution in [0.15, 0.2) is 95.4 Å². The molecule has 1 fully saturated rings. The van der Waals surface area contributed by atoms with Gasteiger partial charge in [0.2, 0.25) is 11.8 Å². The van der Waals surface area contributed by atoms with Crippen LogP contribution in [0.1, 0.15) is 28.5 Å². The van der Waals surface area contributed by atoms with Gasteiger partial charge < -0.3 is 28.1 Å². The lowest BCUT2D eigenvalue weighted by molar-refractivity contribution is -0.318. The van der Waals surface area contributed by atoms with Gasteiger partial charge in [-0.15, -0.1) is 10.2 Å². The van der Waals surface area contributed by atoms with Crippen molar-refractivity contribution in [2.75, 3.05) is 7.11 Å². The quantitative estimate of drug-likeness (QED) is 0.252. The normalized spacial score (nSPS) is 23.1. The summed E-state index contributed by atoms with van der Waals surface area (Å²) >= 11 is 0. The largest absolute Gasteiger partial charge is 0.425 e. The molecule has 5 rings (SSSR count). The molecule has 0 N–H and O–H groups in total. The summed E-state index contributed by atoms with van der Waals surface area (Å²) in [6.45, 7) is 2.89. The summed E-state index contributed by atoms with van der Waals surface area (Å²) in [6, 6.07) is 30.1. The highest BCUT2D eigenvalue weighted by molar-refractivity contribution is 5.16. The van der Waals surface area contributed by atoms with Gasteiger partial charge in [-0.2, -0.15) is 0 Å². The van der Waals surface area contributed by atoms with Crippen molar-refractivity contribution in [3.63, 3.8) is 0 Å². The fourth-order valence-corrected chi connectivity index (χ4v) is 4.69. The first kappa shape index (κ1) is 27.2. The van der Waals surface area contributed by atoms with Gasteiger partial charge in [0.25, 0.3) is 0 Å². The van der Waals surface area contributed by atoms with Crippen LogP contribution in [0.4, 0.5) is 0 Å². The van der Waals surface area contributed by atoms with Gasteiger partial charge in [-0.25, -0.2) is 0 Å². The first-order valence-electron chi connectivity index (χ1n) is 13.1. The van der Waals surface area contributed by atoms with Crippen LogP contribution in [0.5, 0.6) is 0 Å². The molecule has 8 heteroatoms. The second-order valence-corrected chi connectivity index (χ2v) is 9.48. The van der Waals surface area contributed by atoms with Crippen LogP contribution in [0, 0.1) is 6.92 Å². The van der Waals surface area contributed by atoms with E-state index in [0.717, 1.165) is 16.7 Å². The summed E-state index contributed by atoms with van der Waals surface area (Å²) < 4.78 is 37.6. The van der Waals surface area contributed by atoms with Crippen LogP contribution in [-0.4, -0.2) is 48.0 Å². The van der Waals surface area contributed by atoms with Crippen molar-refractivity contribution in [3.05, 3.63) is 119 Å². The molecular weight excluding hydrogens is 496 g/mol. The number of rotatable bonds is 12. The van der Waals surface area contributed by atoms with Crippen molar-refractivity contribution in [1.29, 1.82) is 0 Å². The topological polar surface area (TPSA) is 85.1 Å². The fraction of sp³-hybridized carbons (Fsp3) is 0.355. The van der Waals surface area contributed by atoms with E-state index < -0.39 is 30.7 Å². The van der Waals surface area contributed by atoms with Gasteiger partial charge in [-0.3, -0.25) is 0 Å². The first-order valence-corrected chi connectivity index (χ1v) is 13.1. The lowest BCUT2D eigenvalue weighted by Gasteiger charge is -2.45. The molecule has 8 nitrogen and oxygen atoms in total. The molecule has 0 saturated carbocycles. The van der Waals surface area contributed by atoms with E-state index in [2.05, 4.69) is 10.2 Å². The number of benzene rings is 3. The third-order valence-corrected chi connectivity index (χ3v) is 6.62. The van der Waals surface area contributed by atoms with Crippen molar-refractivity contribution in [2.45, 2.75) is 63.9 Å². The number of hydrogen-bond acceptors (Lipinski definition) is 8. The summed E-state index contributed by atoms with van der Waals surface area (Å²) in [7, 11) is 1.61. The molecule has 4 aromatic rings. The molecule has 1 saturated heterocycles. The zero-order valence-electron chi connectivity index (χ0n) is 22.2. The summed E-state index contributed by atoms with van der Waals surface area (Å²) in [5.74, 6) is 0.956. The Morgan fingerprint density at radius 3 is 1.59 bits per heavy atom. The van der Waals surface area contributed by atoms with E-state index in [-0.39, 0.29) is 0 Å². The van der Waals surface area contributed by atoms with E-state index in [1.54, 1.807) is 14.0 Å². The molecule has 2 heterocycles. The van der Waals surface area contributed by atoms with Crippen molar-refractivity contribution >= 4 is 0 Å². The Morgan fingerprint density at radius 2 is 1.13 bits per heavy atom. The van der Waals surface area contributed by atoms with E-state index in [9.17, 15) is 0 Å². The first-order chi connectivity index (χ1) is 19.2. The molecule has 1 aliphatic heterocycles. The standard InChI is InChI=1S/C31H34N2O6/c1-22-32-33-27(38-22)18-26-28(35-19-23-12-6-3-7-13-23)29(36-20-24-14-8-4-9-15-24)30(31(34-2)39-26)37-21-25-16-10-5-11-17-25/h3-17,26,28-31H,18-21H2,1-2H3/t26-,28-,29+,30-,31-/m1/s1. The van der Waals surface area contributed by atoms with E-state index in [0.29, 0.717) is 38.0 Å². The van der Waals surface area contributed by atoms with Crippen LogP contribution in [0.2, 0.25) is 0 Å². The highest BCUT2D eigenvalue weighted by Crippen LogP contribution is 2.32. The Kier molecular flexibility index (Phi) is 9.47. The van der Waals surface area contributed by atoms with Crippen LogP contribution in [0.25, 0.3) is 0 Å². The minimum atomic E-state index is -0.694. The Balaban J connectivity index is 1.43. The van der Waals surface area contributed by atoms with Crippen molar-refractivity contribution in [1.82, 2.24) is 10.2 Å². The van der Waals surface area contributed by atoms with Gasteiger partial charge in [0.15, 0.2) is 6.29 Å². The number of nitrogens with zero attached hydrogens (tertiary/aromatic N) is 2. The summed E-state index contributed by atoms with van der Waals surface area (Å²) in [5, 5.41) is 8.17. The van der Waals surface area contributed by atoms with Gasteiger partial charge in [0.1, 0.15) is 18.3 Å². The second-order valence-electron chi connectivity index (χ2n) is 9.48. The number of aromatic nitrogens is 2. The maximum Gasteiger partial charge on any atom is 0.219 e. The molecule has 0 unspecified atom stereocenters. The van der Waals surface area contributed by atoms with Crippen molar-refractivity contribution in [3.8, 4) is 0 Å². The van der Waals surface area contributed by atoms with Gasteiger partial charge in [-0.05, 0) is 16.7 Å². The predicted octanol–water partition coefficient (Wildman–Crippen LogP) is 5.05. The number of ether oxygens (including phenoxy) is 5. The Bertz CT molecular complexity index is 1250. The zero-order valence-corrected chi connectivity index (χ0v) is 22.2. The van der Waals surface area contributed by atoms with Gasteiger partial charge >= 0.3 is 0 Å². The smallest absolute Gasteiger partial charge is 0.219 e. The third-order valence-electron chi connectivity index (χ3n) is 6.62. The predicted molar refractivity (Wildman–Crippen MR) is 143 cm³/mol. The molecular formula is C31H34N2O6.